The molecule has 2 rings (SSSR count). The molecule has 0 radical (unpaired) electrons. The summed E-state index contributed by atoms with van der Waals surface area (Å²) in [5.41, 5.74) is 7.19. The van der Waals surface area contributed by atoms with E-state index in [0.717, 1.165) is 11.1 Å². The minimum absolute atomic E-state index is 0.279. The first kappa shape index (κ1) is 15.4. The third kappa shape index (κ3) is 3.36. The summed E-state index contributed by atoms with van der Waals surface area (Å²) in [7, 11) is 0. The van der Waals surface area contributed by atoms with Crippen molar-refractivity contribution in [2.45, 2.75) is 25.7 Å². The van der Waals surface area contributed by atoms with Crippen LogP contribution >= 0.6 is 0 Å². The predicted octanol–water partition coefficient (Wildman–Crippen LogP) is 4.12. The first-order valence-corrected chi connectivity index (χ1v) is 6.42. The standard InChI is InChI=1S/C16H16F3NO/c1-11-7-3-4-8-12(11)15(2,20)13-9-5-6-10-14(13)21-16(17,18)19/h3-10H,20H2,1-2H3. The number of aryl methyl sites for hydroxylation is 1. The van der Waals surface area contributed by atoms with Crippen LogP contribution in [0.25, 0.3) is 0 Å². The molecule has 0 fully saturated rings. The average molecular weight is 295 g/mol. The number of para-hydroxylation sites is 1. The summed E-state index contributed by atoms with van der Waals surface area (Å²) in [5, 5.41) is 0. The zero-order chi connectivity index (χ0) is 15.7. The molecular formula is C16H16F3NO. The van der Waals surface area contributed by atoms with E-state index in [2.05, 4.69) is 4.74 Å². The van der Waals surface area contributed by atoms with Crippen molar-refractivity contribution in [3.05, 3.63) is 65.2 Å². The van der Waals surface area contributed by atoms with E-state index in [1.807, 2.05) is 19.1 Å². The second kappa shape index (κ2) is 5.41. The molecule has 112 valence electrons. The maximum Gasteiger partial charge on any atom is 0.573 e. The lowest BCUT2D eigenvalue weighted by atomic mass is 9.83. The second-order valence-electron chi connectivity index (χ2n) is 5.06. The fraction of sp³-hybridized carbons (Fsp3) is 0.250. The van der Waals surface area contributed by atoms with Crippen molar-refractivity contribution in [1.82, 2.24) is 0 Å². The SMILES string of the molecule is Cc1ccccc1C(C)(N)c1ccccc1OC(F)(F)F. The third-order valence-electron chi connectivity index (χ3n) is 3.38. The highest BCUT2D eigenvalue weighted by Gasteiger charge is 2.35. The van der Waals surface area contributed by atoms with Gasteiger partial charge in [-0.05, 0) is 31.0 Å². The zero-order valence-corrected chi connectivity index (χ0v) is 11.7. The van der Waals surface area contributed by atoms with Crippen LogP contribution in [-0.4, -0.2) is 6.36 Å². The van der Waals surface area contributed by atoms with Gasteiger partial charge in [-0.1, -0.05) is 42.5 Å². The van der Waals surface area contributed by atoms with E-state index in [9.17, 15) is 13.2 Å². The minimum atomic E-state index is -4.75. The number of nitrogens with two attached hydrogens (primary N) is 1. The number of ether oxygens (including phenoxy) is 1. The van der Waals surface area contributed by atoms with Crippen molar-refractivity contribution in [2.24, 2.45) is 5.73 Å². The Labute approximate surface area is 121 Å². The quantitative estimate of drug-likeness (QED) is 0.924. The molecule has 0 saturated heterocycles. The fourth-order valence-electron chi connectivity index (χ4n) is 2.41. The van der Waals surface area contributed by atoms with Crippen molar-refractivity contribution in [3.63, 3.8) is 0 Å². The summed E-state index contributed by atoms with van der Waals surface area (Å²) < 4.78 is 41.7. The Bertz CT molecular complexity index is 635. The molecular weight excluding hydrogens is 279 g/mol. The molecule has 0 aliphatic carbocycles. The molecule has 0 amide bonds. The normalized spacial score (nSPS) is 14.6. The highest BCUT2D eigenvalue weighted by molar-refractivity contribution is 5.47. The molecule has 0 saturated carbocycles. The molecule has 2 nitrogen and oxygen atoms in total. The van der Waals surface area contributed by atoms with Crippen molar-refractivity contribution >= 4 is 0 Å². The van der Waals surface area contributed by atoms with Crippen LogP contribution in [0.2, 0.25) is 0 Å². The number of alkyl halides is 3. The largest absolute Gasteiger partial charge is 0.573 e. The van der Waals surface area contributed by atoms with E-state index in [1.54, 1.807) is 31.2 Å². The minimum Gasteiger partial charge on any atom is -0.405 e. The van der Waals surface area contributed by atoms with Crippen LogP contribution < -0.4 is 10.5 Å². The highest BCUT2D eigenvalue weighted by Crippen LogP contribution is 2.36. The van der Waals surface area contributed by atoms with Crippen LogP contribution in [0.1, 0.15) is 23.6 Å². The van der Waals surface area contributed by atoms with Crippen molar-refractivity contribution in [3.8, 4) is 5.75 Å². The topological polar surface area (TPSA) is 35.2 Å². The van der Waals surface area contributed by atoms with Crippen LogP contribution in [0.3, 0.4) is 0 Å². The maximum atomic E-state index is 12.5. The zero-order valence-electron chi connectivity index (χ0n) is 11.7. The van der Waals surface area contributed by atoms with Crippen LogP contribution in [0.5, 0.6) is 5.75 Å². The number of benzene rings is 2. The molecule has 5 heteroatoms. The summed E-state index contributed by atoms with van der Waals surface area (Å²) >= 11 is 0. The summed E-state index contributed by atoms with van der Waals surface area (Å²) in [4.78, 5) is 0. The maximum absolute atomic E-state index is 12.5. The monoisotopic (exact) mass is 295 g/mol. The van der Waals surface area contributed by atoms with Crippen LogP contribution in [0.4, 0.5) is 13.2 Å². The molecule has 1 atom stereocenters. The summed E-state index contributed by atoms with van der Waals surface area (Å²) in [5.74, 6) is -0.279. The van der Waals surface area contributed by atoms with E-state index in [4.69, 9.17) is 5.73 Å². The third-order valence-corrected chi connectivity index (χ3v) is 3.38. The Morgan fingerprint density at radius 1 is 0.905 bits per heavy atom. The van der Waals surface area contributed by atoms with Gasteiger partial charge in [0.15, 0.2) is 0 Å². The molecule has 0 aliphatic heterocycles. The van der Waals surface area contributed by atoms with Crippen molar-refractivity contribution in [2.75, 3.05) is 0 Å². The van der Waals surface area contributed by atoms with Gasteiger partial charge in [0.25, 0.3) is 0 Å². The molecule has 2 aromatic carbocycles. The summed E-state index contributed by atoms with van der Waals surface area (Å²) in [6.45, 7) is 3.54. The summed E-state index contributed by atoms with van der Waals surface area (Å²) in [6.07, 6.45) is -4.75. The van der Waals surface area contributed by atoms with Gasteiger partial charge in [-0.25, -0.2) is 0 Å². The van der Waals surface area contributed by atoms with Crippen molar-refractivity contribution in [1.29, 1.82) is 0 Å². The Kier molecular flexibility index (Phi) is 3.96. The lowest BCUT2D eigenvalue weighted by molar-refractivity contribution is -0.275. The Morgan fingerprint density at radius 2 is 1.43 bits per heavy atom. The smallest absolute Gasteiger partial charge is 0.405 e. The molecule has 2 N–H and O–H groups in total. The Hall–Kier alpha value is -2.01. The van der Waals surface area contributed by atoms with Gasteiger partial charge in [0, 0.05) is 5.56 Å². The van der Waals surface area contributed by atoms with E-state index in [0.29, 0.717) is 0 Å². The van der Waals surface area contributed by atoms with Gasteiger partial charge < -0.3 is 10.5 Å². The molecule has 0 heterocycles. The molecule has 0 aromatic heterocycles. The van der Waals surface area contributed by atoms with Crippen molar-refractivity contribution < 1.29 is 17.9 Å². The number of hydrogen-bond donors (Lipinski definition) is 1. The Morgan fingerprint density at radius 3 is 2.00 bits per heavy atom. The van der Waals surface area contributed by atoms with Gasteiger partial charge in [-0.3, -0.25) is 0 Å². The average Bonchev–Trinajstić information content (AvgIpc) is 2.37. The van der Waals surface area contributed by atoms with E-state index >= 15 is 0 Å². The molecule has 0 aliphatic rings. The number of hydrogen-bond acceptors (Lipinski definition) is 2. The van der Waals surface area contributed by atoms with E-state index < -0.39 is 11.9 Å². The van der Waals surface area contributed by atoms with Gasteiger partial charge in [0.05, 0.1) is 5.54 Å². The molecule has 0 bridgehead atoms. The van der Waals surface area contributed by atoms with Crippen LogP contribution in [0.15, 0.2) is 48.5 Å². The number of halogens is 3. The molecule has 1 unspecified atom stereocenters. The molecule has 0 spiro atoms. The molecule has 2 aromatic rings. The first-order valence-electron chi connectivity index (χ1n) is 6.42. The first-order chi connectivity index (χ1) is 9.72. The van der Waals surface area contributed by atoms with Gasteiger partial charge >= 0.3 is 6.36 Å². The van der Waals surface area contributed by atoms with Gasteiger partial charge in [0.1, 0.15) is 5.75 Å². The number of rotatable bonds is 3. The second-order valence-corrected chi connectivity index (χ2v) is 5.06. The van der Waals surface area contributed by atoms with Gasteiger partial charge in [0.2, 0.25) is 0 Å². The lowest BCUT2D eigenvalue weighted by Gasteiger charge is -2.29. The lowest BCUT2D eigenvalue weighted by Crippen LogP contribution is -2.36. The van der Waals surface area contributed by atoms with Gasteiger partial charge in [-0.2, -0.15) is 0 Å². The highest BCUT2D eigenvalue weighted by atomic mass is 19.4. The Balaban J connectivity index is 2.53. The van der Waals surface area contributed by atoms with Crippen LogP contribution in [-0.2, 0) is 5.54 Å². The van der Waals surface area contributed by atoms with Gasteiger partial charge in [-0.15, -0.1) is 13.2 Å². The summed E-state index contributed by atoms with van der Waals surface area (Å²) in [6, 6.07) is 13.3. The van der Waals surface area contributed by atoms with Crippen LogP contribution in [0, 0.1) is 6.92 Å². The molecule has 21 heavy (non-hydrogen) atoms. The van der Waals surface area contributed by atoms with E-state index in [-0.39, 0.29) is 11.3 Å². The predicted molar refractivity (Wildman–Crippen MR) is 74.9 cm³/mol. The van der Waals surface area contributed by atoms with E-state index in [1.165, 1.54) is 12.1 Å². The fourth-order valence-corrected chi connectivity index (χ4v) is 2.41.